The third-order valence-electron chi connectivity index (χ3n) is 3.66. The highest BCUT2D eigenvalue weighted by atomic mass is 32.2. The van der Waals surface area contributed by atoms with Crippen molar-refractivity contribution < 1.29 is 17.9 Å². The predicted octanol–water partition coefficient (Wildman–Crippen LogP) is 2.93. The molecule has 4 nitrogen and oxygen atoms in total. The Labute approximate surface area is 136 Å². The van der Waals surface area contributed by atoms with Crippen LogP contribution in [0, 0.1) is 12.7 Å². The van der Waals surface area contributed by atoms with Gasteiger partial charge in [-0.1, -0.05) is 36.4 Å². The monoisotopic (exact) mass is 337 g/mol. The fourth-order valence-corrected chi connectivity index (χ4v) is 3.92. The van der Waals surface area contributed by atoms with E-state index in [2.05, 4.69) is 4.72 Å². The van der Waals surface area contributed by atoms with Crippen LogP contribution in [-0.4, -0.2) is 20.1 Å². The zero-order chi connectivity index (χ0) is 16.9. The number of halogens is 1. The second kappa shape index (κ2) is 7.68. The van der Waals surface area contributed by atoms with E-state index in [9.17, 15) is 12.8 Å². The average molecular weight is 337 g/mol. The van der Waals surface area contributed by atoms with Crippen molar-refractivity contribution in [3.8, 4) is 0 Å². The van der Waals surface area contributed by atoms with E-state index < -0.39 is 21.9 Å². The first-order chi connectivity index (χ1) is 11.0. The minimum absolute atomic E-state index is 0.0238. The van der Waals surface area contributed by atoms with Gasteiger partial charge in [0, 0.05) is 18.2 Å². The Morgan fingerprint density at radius 3 is 2.48 bits per heavy atom. The summed E-state index contributed by atoms with van der Waals surface area (Å²) >= 11 is 0. The van der Waals surface area contributed by atoms with Crippen molar-refractivity contribution >= 4 is 10.0 Å². The molecule has 0 amide bonds. The molecule has 0 aliphatic heterocycles. The van der Waals surface area contributed by atoms with Crippen LogP contribution in [0.25, 0.3) is 0 Å². The van der Waals surface area contributed by atoms with Crippen molar-refractivity contribution in [2.24, 2.45) is 0 Å². The first-order valence-corrected chi connectivity index (χ1v) is 8.87. The molecule has 0 heterocycles. The second-order valence-corrected chi connectivity index (χ2v) is 7.00. The van der Waals surface area contributed by atoms with E-state index in [1.165, 1.54) is 25.1 Å². The van der Waals surface area contributed by atoms with Crippen LogP contribution >= 0.6 is 0 Å². The summed E-state index contributed by atoms with van der Waals surface area (Å²) in [6.07, 6.45) is 0.915. The molecule has 2 N–H and O–H groups in total. The molecule has 0 radical (unpaired) electrons. The number of benzene rings is 2. The van der Waals surface area contributed by atoms with E-state index >= 15 is 0 Å². The van der Waals surface area contributed by atoms with Crippen LogP contribution in [0.4, 0.5) is 4.39 Å². The van der Waals surface area contributed by atoms with Crippen LogP contribution in [0.3, 0.4) is 0 Å². The Bertz CT molecular complexity index is 748. The van der Waals surface area contributed by atoms with Gasteiger partial charge < -0.3 is 5.11 Å². The molecule has 0 aliphatic rings. The van der Waals surface area contributed by atoms with Gasteiger partial charge in [0.25, 0.3) is 0 Å². The van der Waals surface area contributed by atoms with Gasteiger partial charge in [-0.15, -0.1) is 0 Å². The summed E-state index contributed by atoms with van der Waals surface area (Å²) < 4.78 is 41.5. The van der Waals surface area contributed by atoms with E-state index in [0.717, 1.165) is 5.56 Å². The summed E-state index contributed by atoms with van der Waals surface area (Å²) in [6.45, 7) is 1.42. The summed E-state index contributed by atoms with van der Waals surface area (Å²) in [5, 5.41) is 9.03. The zero-order valence-electron chi connectivity index (χ0n) is 12.9. The lowest BCUT2D eigenvalue weighted by Crippen LogP contribution is -2.29. The molecule has 2 aromatic carbocycles. The summed E-state index contributed by atoms with van der Waals surface area (Å²) in [6, 6.07) is 12.7. The molecule has 0 aliphatic carbocycles. The number of rotatable bonds is 7. The average Bonchev–Trinajstić information content (AvgIpc) is 2.54. The molecular formula is C17H20FNO3S. The highest BCUT2D eigenvalue weighted by Gasteiger charge is 2.23. The summed E-state index contributed by atoms with van der Waals surface area (Å²) in [7, 11) is -3.86. The molecule has 2 aromatic rings. The van der Waals surface area contributed by atoms with Gasteiger partial charge >= 0.3 is 0 Å². The van der Waals surface area contributed by atoms with Crippen LogP contribution in [0.2, 0.25) is 0 Å². The second-order valence-electron chi connectivity index (χ2n) is 5.31. The topological polar surface area (TPSA) is 66.4 Å². The van der Waals surface area contributed by atoms with Crippen molar-refractivity contribution in [1.29, 1.82) is 0 Å². The van der Waals surface area contributed by atoms with Crippen molar-refractivity contribution in [3.63, 3.8) is 0 Å². The number of sulfonamides is 1. The van der Waals surface area contributed by atoms with Crippen molar-refractivity contribution in [2.45, 2.75) is 30.7 Å². The Kier molecular flexibility index (Phi) is 5.87. The quantitative estimate of drug-likeness (QED) is 0.816. The summed E-state index contributed by atoms with van der Waals surface area (Å²) in [5.74, 6) is -0.556. The van der Waals surface area contributed by atoms with Crippen LogP contribution in [-0.2, 0) is 10.0 Å². The molecule has 1 atom stereocenters. The van der Waals surface area contributed by atoms with E-state index in [4.69, 9.17) is 5.11 Å². The van der Waals surface area contributed by atoms with Gasteiger partial charge in [0.1, 0.15) is 5.82 Å². The molecule has 23 heavy (non-hydrogen) atoms. The highest BCUT2D eigenvalue weighted by molar-refractivity contribution is 7.89. The molecule has 0 saturated carbocycles. The molecule has 6 heteroatoms. The standard InChI is InChI=1S/C17H20FNO3S/c1-13-15(18)9-5-11-17(13)23(21,22)19-16(10-6-12-20)14-7-3-2-4-8-14/h2-5,7-9,11,16,19-20H,6,10,12H2,1H3. The third kappa shape index (κ3) is 4.37. The van der Waals surface area contributed by atoms with Crippen molar-refractivity contribution in [3.05, 3.63) is 65.5 Å². The maximum atomic E-state index is 13.6. The number of hydrogen-bond acceptors (Lipinski definition) is 3. The molecule has 2 rings (SSSR count). The van der Waals surface area contributed by atoms with Crippen LogP contribution in [0.1, 0.15) is 30.0 Å². The van der Waals surface area contributed by atoms with E-state index in [1.54, 1.807) is 0 Å². The van der Waals surface area contributed by atoms with Gasteiger partial charge in [-0.3, -0.25) is 0 Å². The normalized spacial score (nSPS) is 13.0. The summed E-state index contributed by atoms with van der Waals surface area (Å²) in [4.78, 5) is -0.0672. The Hall–Kier alpha value is -1.76. The molecule has 0 bridgehead atoms. The Morgan fingerprint density at radius 1 is 1.13 bits per heavy atom. The van der Waals surface area contributed by atoms with E-state index in [-0.39, 0.29) is 17.1 Å². The lowest BCUT2D eigenvalue weighted by atomic mass is 10.0. The number of aliphatic hydroxyl groups excluding tert-OH is 1. The number of nitrogens with one attached hydrogen (secondary N) is 1. The molecule has 0 saturated heterocycles. The van der Waals surface area contributed by atoms with Crippen LogP contribution in [0.15, 0.2) is 53.4 Å². The summed E-state index contributed by atoms with van der Waals surface area (Å²) in [5.41, 5.74) is 0.896. The minimum Gasteiger partial charge on any atom is -0.396 e. The SMILES string of the molecule is Cc1c(F)cccc1S(=O)(=O)NC(CCCO)c1ccccc1. The largest absolute Gasteiger partial charge is 0.396 e. The molecule has 124 valence electrons. The van der Waals surface area contributed by atoms with E-state index in [0.29, 0.717) is 12.8 Å². The van der Waals surface area contributed by atoms with E-state index in [1.807, 2.05) is 30.3 Å². The molecule has 0 aromatic heterocycles. The fraction of sp³-hybridized carbons (Fsp3) is 0.294. The van der Waals surface area contributed by atoms with Gasteiger partial charge in [0.15, 0.2) is 0 Å². The predicted molar refractivity (Wildman–Crippen MR) is 87.0 cm³/mol. The van der Waals surface area contributed by atoms with Gasteiger partial charge in [0.05, 0.1) is 4.90 Å². The van der Waals surface area contributed by atoms with Gasteiger partial charge in [-0.25, -0.2) is 17.5 Å². The molecule has 0 spiro atoms. The highest BCUT2D eigenvalue weighted by Crippen LogP contribution is 2.24. The minimum atomic E-state index is -3.86. The van der Waals surface area contributed by atoms with Gasteiger partial charge in [0.2, 0.25) is 10.0 Å². The Morgan fingerprint density at radius 2 is 1.83 bits per heavy atom. The smallest absolute Gasteiger partial charge is 0.241 e. The maximum Gasteiger partial charge on any atom is 0.241 e. The zero-order valence-corrected chi connectivity index (χ0v) is 13.7. The van der Waals surface area contributed by atoms with Crippen LogP contribution < -0.4 is 4.72 Å². The molecule has 0 fully saturated rings. The fourth-order valence-electron chi connectivity index (χ4n) is 2.40. The van der Waals surface area contributed by atoms with Gasteiger partial charge in [-0.2, -0.15) is 0 Å². The van der Waals surface area contributed by atoms with Crippen molar-refractivity contribution in [1.82, 2.24) is 4.72 Å². The number of aliphatic hydroxyl groups is 1. The first kappa shape index (κ1) is 17.6. The van der Waals surface area contributed by atoms with Crippen LogP contribution in [0.5, 0.6) is 0 Å². The third-order valence-corrected chi connectivity index (χ3v) is 5.27. The first-order valence-electron chi connectivity index (χ1n) is 7.39. The Balaban J connectivity index is 2.32. The lowest BCUT2D eigenvalue weighted by molar-refractivity contribution is 0.278. The maximum absolute atomic E-state index is 13.6. The van der Waals surface area contributed by atoms with Crippen molar-refractivity contribution in [2.75, 3.05) is 6.61 Å². The lowest BCUT2D eigenvalue weighted by Gasteiger charge is -2.20. The molecule has 1 unspecified atom stereocenters. The van der Waals surface area contributed by atoms with Gasteiger partial charge in [-0.05, 0) is 37.5 Å². The number of hydrogen-bond donors (Lipinski definition) is 2. The molecular weight excluding hydrogens is 317 g/mol.